The van der Waals surface area contributed by atoms with Gasteiger partial charge in [-0.3, -0.25) is 0 Å². The van der Waals surface area contributed by atoms with E-state index in [1.54, 1.807) is 0 Å². The van der Waals surface area contributed by atoms with Crippen molar-refractivity contribution >= 4 is 11.0 Å². The number of aryl methyl sites for hydroxylation is 3. The summed E-state index contributed by atoms with van der Waals surface area (Å²) in [5.74, 6) is 0. The van der Waals surface area contributed by atoms with Crippen LogP contribution in [0.5, 0.6) is 0 Å². The van der Waals surface area contributed by atoms with Crippen LogP contribution >= 0.6 is 0 Å². The molecule has 1 heterocycles. The van der Waals surface area contributed by atoms with Gasteiger partial charge in [-0.05, 0) is 49.1 Å². The van der Waals surface area contributed by atoms with Crippen molar-refractivity contribution in [3.63, 3.8) is 0 Å². The zero-order valence-electron chi connectivity index (χ0n) is 9.26. The third kappa shape index (κ3) is 1.67. The Bertz CT molecular complexity index is 564. The molecule has 0 radical (unpaired) electrons. The summed E-state index contributed by atoms with van der Waals surface area (Å²) in [6.45, 7) is 6.12. The summed E-state index contributed by atoms with van der Waals surface area (Å²) < 4.78 is 5.18. The van der Waals surface area contributed by atoms with E-state index in [0.717, 1.165) is 17.4 Å². The van der Waals surface area contributed by atoms with Gasteiger partial charge in [0.2, 0.25) is 0 Å². The SMILES string of the molecule is CCc1cc2oc(=O)cc(C)c2cc1C. The molecular weight excluding hydrogens is 188 g/mol. The fraction of sp³-hybridized carbons (Fsp3) is 0.308. The van der Waals surface area contributed by atoms with Crippen molar-refractivity contribution < 1.29 is 4.42 Å². The van der Waals surface area contributed by atoms with Gasteiger partial charge in [0.1, 0.15) is 5.58 Å². The highest BCUT2D eigenvalue weighted by atomic mass is 16.4. The molecule has 0 amide bonds. The Kier molecular flexibility index (Phi) is 2.35. The largest absolute Gasteiger partial charge is 0.423 e. The molecule has 2 aromatic rings. The molecule has 1 aromatic heterocycles. The Labute approximate surface area is 88.5 Å². The quantitative estimate of drug-likeness (QED) is 0.665. The van der Waals surface area contributed by atoms with E-state index < -0.39 is 0 Å². The maximum atomic E-state index is 11.2. The van der Waals surface area contributed by atoms with Gasteiger partial charge in [0.25, 0.3) is 0 Å². The zero-order chi connectivity index (χ0) is 11.0. The van der Waals surface area contributed by atoms with Crippen molar-refractivity contribution in [3.8, 4) is 0 Å². The normalized spacial score (nSPS) is 10.9. The molecule has 1 aromatic carbocycles. The first-order valence-corrected chi connectivity index (χ1v) is 5.16. The smallest absolute Gasteiger partial charge is 0.336 e. The van der Waals surface area contributed by atoms with E-state index in [2.05, 4.69) is 19.9 Å². The average molecular weight is 202 g/mol. The first-order chi connectivity index (χ1) is 7.11. The van der Waals surface area contributed by atoms with Gasteiger partial charge in [-0.15, -0.1) is 0 Å². The van der Waals surface area contributed by atoms with E-state index in [9.17, 15) is 4.79 Å². The molecule has 2 rings (SSSR count). The van der Waals surface area contributed by atoms with Crippen LogP contribution in [0, 0.1) is 13.8 Å². The first kappa shape index (κ1) is 9.97. The number of fused-ring (bicyclic) bond motifs is 1. The molecule has 2 nitrogen and oxygen atoms in total. The molecule has 0 fully saturated rings. The molecule has 0 aliphatic rings. The third-order valence-corrected chi connectivity index (χ3v) is 2.79. The molecule has 0 N–H and O–H groups in total. The maximum absolute atomic E-state index is 11.2. The second-order valence-electron chi connectivity index (χ2n) is 3.88. The minimum absolute atomic E-state index is 0.272. The lowest BCUT2D eigenvalue weighted by molar-refractivity contribution is 0.559. The van der Waals surface area contributed by atoms with E-state index >= 15 is 0 Å². The van der Waals surface area contributed by atoms with Crippen LogP contribution in [0.3, 0.4) is 0 Å². The van der Waals surface area contributed by atoms with Crippen molar-refractivity contribution in [1.29, 1.82) is 0 Å². The molecule has 0 saturated carbocycles. The fourth-order valence-electron chi connectivity index (χ4n) is 1.90. The van der Waals surface area contributed by atoms with E-state index in [1.807, 2.05) is 13.0 Å². The first-order valence-electron chi connectivity index (χ1n) is 5.16. The number of benzene rings is 1. The van der Waals surface area contributed by atoms with Crippen LogP contribution in [0.25, 0.3) is 11.0 Å². The van der Waals surface area contributed by atoms with Crippen molar-refractivity contribution in [2.45, 2.75) is 27.2 Å². The highest BCUT2D eigenvalue weighted by Crippen LogP contribution is 2.21. The molecule has 0 atom stereocenters. The van der Waals surface area contributed by atoms with Gasteiger partial charge in [-0.25, -0.2) is 4.79 Å². The Hall–Kier alpha value is -1.57. The predicted octanol–water partition coefficient (Wildman–Crippen LogP) is 2.97. The highest BCUT2D eigenvalue weighted by molar-refractivity contribution is 5.81. The van der Waals surface area contributed by atoms with Crippen LogP contribution in [-0.4, -0.2) is 0 Å². The Balaban J connectivity index is 2.87. The average Bonchev–Trinajstić information content (AvgIpc) is 2.18. The molecule has 0 aliphatic carbocycles. The monoisotopic (exact) mass is 202 g/mol. The third-order valence-electron chi connectivity index (χ3n) is 2.79. The highest BCUT2D eigenvalue weighted by Gasteiger charge is 2.05. The van der Waals surface area contributed by atoms with E-state index in [1.165, 1.54) is 17.2 Å². The van der Waals surface area contributed by atoms with Gasteiger partial charge in [0, 0.05) is 11.5 Å². The lowest BCUT2D eigenvalue weighted by atomic mass is 10.0. The summed E-state index contributed by atoms with van der Waals surface area (Å²) in [4.78, 5) is 11.2. The van der Waals surface area contributed by atoms with Crippen molar-refractivity contribution in [2.75, 3.05) is 0 Å². The second kappa shape index (κ2) is 3.54. The molecule has 0 unspecified atom stereocenters. The summed E-state index contributed by atoms with van der Waals surface area (Å²) in [6.07, 6.45) is 0.958. The molecule has 78 valence electrons. The molecule has 0 saturated heterocycles. The Morgan fingerprint density at radius 3 is 2.53 bits per heavy atom. The predicted molar refractivity (Wildman–Crippen MR) is 61.3 cm³/mol. The van der Waals surface area contributed by atoms with Gasteiger partial charge >= 0.3 is 5.63 Å². The summed E-state index contributed by atoms with van der Waals surface area (Å²) in [6, 6.07) is 5.60. The Morgan fingerprint density at radius 1 is 1.13 bits per heavy atom. The van der Waals surface area contributed by atoms with Crippen LogP contribution in [-0.2, 0) is 6.42 Å². The molecular formula is C13H14O2. The number of hydrogen-bond acceptors (Lipinski definition) is 2. The van der Waals surface area contributed by atoms with Crippen LogP contribution in [0.15, 0.2) is 27.4 Å². The summed E-state index contributed by atoms with van der Waals surface area (Å²) in [5, 5.41) is 1.03. The topological polar surface area (TPSA) is 30.2 Å². The van der Waals surface area contributed by atoms with Crippen molar-refractivity contribution in [3.05, 3.63) is 45.3 Å². The minimum atomic E-state index is -0.272. The second-order valence-corrected chi connectivity index (χ2v) is 3.88. The van der Waals surface area contributed by atoms with Crippen molar-refractivity contribution in [1.82, 2.24) is 0 Å². The lowest BCUT2D eigenvalue weighted by Gasteiger charge is -2.06. The standard InChI is InChI=1S/C13H14O2/c1-4-10-7-12-11(5-8(10)2)9(3)6-13(14)15-12/h5-7H,4H2,1-3H3. The van der Waals surface area contributed by atoms with Crippen LogP contribution in [0.1, 0.15) is 23.6 Å². The van der Waals surface area contributed by atoms with Gasteiger partial charge in [0.05, 0.1) is 0 Å². The van der Waals surface area contributed by atoms with Crippen LogP contribution < -0.4 is 5.63 Å². The summed E-state index contributed by atoms with van der Waals surface area (Å²) in [5.41, 5.74) is 3.89. The Morgan fingerprint density at radius 2 is 1.87 bits per heavy atom. The molecule has 0 aliphatic heterocycles. The molecule has 15 heavy (non-hydrogen) atoms. The van der Waals surface area contributed by atoms with Gasteiger partial charge in [-0.1, -0.05) is 6.92 Å². The molecule has 2 heteroatoms. The van der Waals surface area contributed by atoms with Crippen LogP contribution in [0.4, 0.5) is 0 Å². The van der Waals surface area contributed by atoms with Crippen molar-refractivity contribution in [2.24, 2.45) is 0 Å². The molecule has 0 bridgehead atoms. The van der Waals surface area contributed by atoms with Gasteiger partial charge in [0.15, 0.2) is 0 Å². The van der Waals surface area contributed by atoms with E-state index in [0.29, 0.717) is 5.58 Å². The number of rotatable bonds is 1. The zero-order valence-corrected chi connectivity index (χ0v) is 9.26. The fourth-order valence-corrected chi connectivity index (χ4v) is 1.90. The molecule has 0 spiro atoms. The summed E-state index contributed by atoms with van der Waals surface area (Å²) in [7, 11) is 0. The lowest BCUT2D eigenvalue weighted by Crippen LogP contribution is -1.99. The minimum Gasteiger partial charge on any atom is -0.423 e. The van der Waals surface area contributed by atoms with Gasteiger partial charge in [-0.2, -0.15) is 0 Å². The van der Waals surface area contributed by atoms with E-state index in [4.69, 9.17) is 4.42 Å². The van der Waals surface area contributed by atoms with E-state index in [-0.39, 0.29) is 5.63 Å². The van der Waals surface area contributed by atoms with Gasteiger partial charge < -0.3 is 4.42 Å². The van der Waals surface area contributed by atoms with Crippen LogP contribution in [0.2, 0.25) is 0 Å². The summed E-state index contributed by atoms with van der Waals surface area (Å²) >= 11 is 0. The maximum Gasteiger partial charge on any atom is 0.336 e. The number of hydrogen-bond donors (Lipinski definition) is 0.